The van der Waals surface area contributed by atoms with Crippen molar-refractivity contribution in [1.29, 1.82) is 0 Å². The Kier molecular flexibility index (Phi) is 5.51. The second-order valence-electron chi connectivity index (χ2n) is 4.90. The molecule has 0 bridgehead atoms. The Bertz CT molecular complexity index is 479. The van der Waals surface area contributed by atoms with Crippen molar-refractivity contribution in [2.75, 3.05) is 6.61 Å². The molecule has 0 radical (unpaired) electrons. The van der Waals surface area contributed by atoms with Crippen molar-refractivity contribution in [3.63, 3.8) is 0 Å². The van der Waals surface area contributed by atoms with Crippen LogP contribution in [0.3, 0.4) is 0 Å². The molecule has 2 heterocycles. The lowest BCUT2D eigenvalue weighted by Crippen LogP contribution is -2.34. The number of thiophene rings is 1. The van der Waals surface area contributed by atoms with Crippen LogP contribution in [0.5, 0.6) is 0 Å². The molecule has 2 aromatic rings. The van der Waals surface area contributed by atoms with E-state index in [-0.39, 0.29) is 6.61 Å². The predicted molar refractivity (Wildman–Crippen MR) is 82.6 cm³/mol. The first-order valence-corrected chi connectivity index (χ1v) is 8.34. The summed E-state index contributed by atoms with van der Waals surface area (Å²) in [5.41, 5.74) is 2.28. The van der Waals surface area contributed by atoms with E-state index in [1.54, 1.807) is 22.7 Å². The minimum Gasteiger partial charge on any atom is -0.396 e. The molecule has 0 aliphatic carbocycles. The van der Waals surface area contributed by atoms with Gasteiger partial charge in [-0.2, -0.15) is 11.3 Å². The summed E-state index contributed by atoms with van der Waals surface area (Å²) in [4.78, 5) is 4.64. The maximum atomic E-state index is 9.06. The first-order chi connectivity index (χ1) is 9.20. The van der Waals surface area contributed by atoms with E-state index in [0.29, 0.717) is 12.0 Å². The molecule has 0 fully saturated rings. The van der Waals surface area contributed by atoms with Gasteiger partial charge in [-0.05, 0) is 23.8 Å². The van der Waals surface area contributed by atoms with Crippen molar-refractivity contribution in [3.8, 4) is 10.6 Å². The average molecular weight is 296 g/mol. The lowest BCUT2D eigenvalue weighted by Gasteiger charge is -2.20. The highest BCUT2D eigenvalue weighted by Gasteiger charge is 2.13. The van der Waals surface area contributed by atoms with E-state index in [4.69, 9.17) is 5.11 Å². The van der Waals surface area contributed by atoms with Gasteiger partial charge < -0.3 is 10.4 Å². The van der Waals surface area contributed by atoms with Crippen molar-refractivity contribution in [1.82, 2.24) is 10.3 Å². The normalized spacial score (nSPS) is 13.1. The van der Waals surface area contributed by atoms with Crippen molar-refractivity contribution in [2.45, 2.75) is 32.9 Å². The van der Waals surface area contributed by atoms with Crippen molar-refractivity contribution in [3.05, 3.63) is 27.9 Å². The van der Waals surface area contributed by atoms with Crippen LogP contribution in [0.1, 0.15) is 26.0 Å². The maximum absolute atomic E-state index is 9.06. The monoisotopic (exact) mass is 296 g/mol. The summed E-state index contributed by atoms with van der Waals surface area (Å²) in [6.45, 7) is 5.34. The lowest BCUT2D eigenvalue weighted by atomic mass is 10.0. The number of hydrogen-bond donors (Lipinski definition) is 2. The highest BCUT2D eigenvalue weighted by molar-refractivity contribution is 7.14. The van der Waals surface area contributed by atoms with Gasteiger partial charge in [0, 0.05) is 35.5 Å². The smallest absolute Gasteiger partial charge is 0.124 e. The topological polar surface area (TPSA) is 45.1 Å². The molecule has 0 aromatic carbocycles. The first kappa shape index (κ1) is 14.7. The Morgan fingerprint density at radius 2 is 2.21 bits per heavy atom. The molecule has 0 spiro atoms. The Hall–Kier alpha value is -0.750. The van der Waals surface area contributed by atoms with Crippen LogP contribution in [0.4, 0.5) is 0 Å². The van der Waals surface area contributed by atoms with Crippen LogP contribution in [-0.2, 0) is 6.54 Å². The fraction of sp³-hybridized carbons (Fsp3) is 0.500. The molecular weight excluding hydrogens is 276 g/mol. The number of aromatic nitrogens is 1. The van der Waals surface area contributed by atoms with Gasteiger partial charge in [0.2, 0.25) is 0 Å². The Labute approximate surface area is 122 Å². The van der Waals surface area contributed by atoms with Crippen LogP contribution in [0.15, 0.2) is 22.2 Å². The van der Waals surface area contributed by atoms with E-state index >= 15 is 0 Å². The number of aliphatic hydroxyl groups is 1. The minimum atomic E-state index is 0.229. The van der Waals surface area contributed by atoms with Crippen LogP contribution in [0, 0.1) is 5.92 Å². The van der Waals surface area contributed by atoms with Gasteiger partial charge in [-0.15, -0.1) is 11.3 Å². The maximum Gasteiger partial charge on any atom is 0.124 e. The fourth-order valence-electron chi connectivity index (χ4n) is 1.95. The molecule has 0 amide bonds. The van der Waals surface area contributed by atoms with Crippen LogP contribution >= 0.6 is 22.7 Å². The number of nitrogens with one attached hydrogen (secondary N) is 1. The number of thiazole rings is 1. The molecule has 2 aromatic heterocycles. The number of rotatable bonds is 7. The molecule has 3 nitrogen and oxygen atoms in total. The molecular formula is C14H20N2OS2. The second kappa shape index (κ2) is 7.14. The van der Waals surface area contributed by atoms with E-state index in [0.717, 1.165) is 23.7 Å². The van der Waals surface area contributed by atoms with Crippen LogP contribution < -0.4 is 5.32 Å². The summed E-state index contributed by atoms with van der Waals surface area (Å²) in [7, 11) is 0. The summed E-state index contributed by atoms with van der Waals surface area (Å²) >= 11 is 3.38. The highest BCUT2D eigenvalue weighted by atomic mass is 32.1. The van der Waals surface area contributed by atoms with Gasteiger partial charge in [-0.25, -0.2) is 4.98 Å². The summed E-state index contributed by atoms with van der Waals surface area (Å²) in [5.74, 6) is 0.516. The van der Waals surface area contributed by atoms with Crippen molar-refractivity contribution < 1.29 is 5.11 Å². The minimum absolute atomic E-state index is 0.229. The second-order valence-corrected chi connectivity index (χ2v) is 6.54. The quantitative estimate of drug-likeness (QED) is 0.823. The molecule has 19 heavy (non-hydrogen) atoms. The standard InChI is InChI=1S/C14H20N2OS2/c1-10(2)13(3-5-17)15-7-12-9-19-14(16-12)11-4-6-18-8-11/h4,6,8-10,13,15,17H,3,5,7H2,1-2H3. The van der Waals surface area contributed by atoms with E-state index in [1.165, 1.54) is 5.56 Å². The average Bonchev–Trinajstić information content (AvgIpc) is 3.04. The van der Waals surface area contributed by atoms with Gasteiger partial charge in [0.1, 0.15) is 5.01 Å². The molecule has 0 saturated heterocycles. The third kappa shape index (κ3) is 4.11. The molecule has 0 aliphatic rings. The van der Waals surface area contributed by atoms with Crippen LogP contribution in [0.2, 0.25) is 0 Å². The zero-order valence-corrected chi connectivity index (χ0v) is 12.9. The third-order valence-electron chi connectivity index (χ3n) is 3.11. The summed E-state index contributed by atoms with van der Waals surface area (Å²) in [5, 5.41) is 19.9. The Balaban J connectivity index is 1.93. The van der Waals surface area contributed by atoms with Gasteiger partial charge in [0.15, 0.2) is 0 Å². The van der Waals surface area contributed by atoms with E-state index in [1.807, 2.05) is 0 Å². The zero-order valence-electron chi connectivity index (χ0n) is 11.3. The Morgan fingerprint density at radius 1 is 1.37 bits per heavy atom. The van der Waals surface area contributed by atoms with E-state index in [9.17, 15) is 0 Å². The summed E-state index contributed by atoms with van der Waals surface area (Å²) < 4.78 is 0. The highest BCUT2D eigenvalue weighted by Crippen LogP contribution is 2.25. The molecule has 0 saturated carbocycles. The van der Waals surface area contributed by atoms with Gasteiger partial charge in [-0.1, -0.05) is 13.8 Å². The third-order valence-corrected chi connectivity index (χ3v) is 4.73. The predicted octanol–water partition coefficient (Wildman–Crippen LogP) is 3.37. The van der Waals surface area contributed by atoms with Gasteiger partial charge in [0.25, 0.3) is 0 Å². The number of nitrogens with zero attached hydrogens (tertiary/aromatic N) is 1. The molecule has 5 heteroatoms. The fourth-order valence-corrected chi connectivity index (χ4v) is 3.48. The van der Waals surface area contributed by atoms with Gasteiger partial charge in [-0.3, -0.25) is 0 Å². The number of hydrogen-bond acceptors (Lipinski definition) is 5. The van der Waals surface area contributed by atoms with Crippen LogP contribution in [0.25, 0.3) is 10.6 Å². The first-order valence-electron chi connectivity index (χ1n) is 6.52. The van der Waals surface area contributed by atoms with Gasteiger partial charge >= 0.3 is 0 Å². The lowest BCUT2D eigenvalue weighted by molar-refractivity contribution is 0.243. The summed E-state index contributed by atoms with van der Waals surface area (Å²) in [6, 6.07) is 2.44. The molecule has 0 aliphatic heterocycles. The zero-order chi connectivity index (χ0) is 13.7. The molecule has 2 N–H and O–H groups in total. The molecule has 2 rings (SSSR count). The van der Waals surface area contributed by atoms with Crippen LogP contribution in [-0.4, -0.2) is 22.7 Å². The van der Waals surface area contributed by atoms with E-state index < -0.39 is 0 Å². The largest absolute Gasteiger partial charge is 0.396 e. The van der Waals surface area contributed by atoms with Crippen molar-refractivity contribution >= 4 is 22.7 Å². The van der Waals surface area contributed by atoms with E-state index in [2.05, 4.69) is 46.4 Å². The summed E-state index contributed by atoms with van der Waals surface area (Å²) in [6.07, 6.45) is 0.791. The molecule has 1 atom stereocenters. The van der Waals surface area contributed by atoms with Crippen molar-refractivity contribution in [2.24, 2.45) is 5.92 Å². The van der Waals surface area contributed by atoms with Gasteiger partial charge in [0.05, 0.1) is 5.69 Å². The Morgan fingerprint density at radius 3 is 2.84 bits per heavy atom. The molecule has 1 unspecified atom stereocenters. The number of aliphatic hydroxyl groups excluding tert-OH is 1. The SMILES string of the molecule is CC(C)C(CCO)NCc1csc(-c2ccsc2)n1. The molecule has 104 valence electrons.